The van der Waals surface area contributed by atoms with Crippen LogP contribution in [0.15, 0.2) is 24.3 Å². The van der Waals surface area contributed by atoms with E-state index in [1.807, 2.05) is 0 Å². The van der Waals surface area contributed by atoms with Gasteiger partial charge in [-0.3, -0.25) is 4.57 Å². The molecule has 0 bridgehead atoms. The summed E-state index contributed by atoms with van der Waals surface area (Å²) >= 11 is 0. The summed E-state index contributed by atoms with van der Waals surface area (Å²) in [5.74, 6) is 0.181. The van der Waals surface area contributed by atoms with Gasteiger partial charge in [-0.05, 0) is 6.07 Å². The van der Waals surface area contributed by atoms with Gasteiger partial charge in [-0.1, -0.05) is 18.2 Å². The van der Waals surface area contributed by atoms with Gasteiger partial charge in [0.15, 0.2) is 8.03 Å². The molecule has 3 nitrogen and oxygen atoms in total. The first-order chi connectivity index (χ1) is 5.70. The van der Waals surface area contributed by atoms with Crippen molar-refractivity contribution in [3.8, 4) is 5.75 Å². The number of phenols is 1. The molecule has 0 aliphatic rings. The fourth-order valence-electron chi connectivity index (χ4n) is 0.812. The molecule has 1 N–H and O–H groups in total. The lowest BCUT2D eigenvalue weighted by molar-refractivity contribution is 0.314. The fourth-order valence-corrected chi connectivity index (χ4v) is 1.17. The van der Waals surface area contributed by atoms with E-state index in [9.17, 15) is 9.67 Å². The van der Waals surface area contributed by atoms with Crippen LogP contribution in [0.5, 0.6) is 5.75 Å². The molecule has 0 aliphatic carbocycles. The summed E-state index contributed by atoms with van der Waals surface area (Å²) < 4.78 is 15.5. The average molecular weight is 186 g/mol. The van der Waals surface area contributed by atoms with Crippen LogP contribution in [0.4, 0.5) is 0 Å². The van der Waals surface area contributed by atoms with Gasteiger partial charge in [0.1, 0.15) is 5.75 Å². The first-order valence-corrected chi connectivity index (χ1v) is 5.42. The molecule has 0 aromatic heterocycles. The van der Waals surface area contributed by atoms with Gasteiger partial charge < -0.3 is 9.63 Å². The van der Waals surface area contributed by atoms with E-state index in [4.69, 9.17) is 4.52 Å². The van der Waals surface area contributed by atoms with Crippen LogP contribution in [0, 0.1) is 0 Å². The van der Waals surface area contributed by atoms with E-state index in [2.05, 4.69) is 0 Å². The van der Waals surface area contributed by atoms with E-state index in [0.717, 1.165) is 0 Å². The Morgan fingerprint density at radius 1 is 1.50 bits per heavy atom. The van der Waals surface area contributed by atoms with Gasteiger partial charge in [-0.25, -0.2) is 0 Å². The Morgan fingerprint density at radius 2 is 2.17 bits per heavy atom. The molecular weight excluding hydrogens is 175 g/mol. The number of para-hydroxylation sites is 1. The van der Waals surface area contributed by atoms with Crippen LogP contribution in [-0.4, -0.2) is 11.8 Å². The third-order valence-electron chi connectivity index (χ3n) is 1.42. The third kappa shape index (κ3) is 2.68. The monoisotopic (exact) mass is 186 g/mol. The molecule has 1 unspecified atom stereocenters. The molecule has 0 spiro atoms. The predicted octanol–water partition coefficient (Wildman–Crippen LogP) is 2.01. The van der Waals surface area contributed by atoms with Gasteiger partial charge in [0.2, 0.25) is 0 Å². The molecule has 1 atom stereocenters. The fraction of sp³-hybridized carbons (Fsp3) is 0.250. The summed E-state index contributed by atoms with van der Waals surface area (Å²) in [6.07, 6.45) is 0. The van der Waals surface area contributed by atoms with Crippen LogP contribution in [-0.2, 0) is 15.7 Å². The highest BCUT2D eigenvalue weighted by Gasteiger charge is 1.99. The first kappa shape index (κ1) is 9.30. The van der Waals surface area contributed by atoms with Crippen molar-refractivity contribution in [1.82, 2.24) is 0 Å². The SMILES string of the molecule is C[PH](=O)OCc1ccccc1O. The second kappa shape index (κ2) is 4.29. The zero-order valence-electron chi connectivity index (χ0n) is 6.78. The number of phenolic OH excluding ortho intramolecular Hbond substituents is 1. The smallest absolute Gasteiger partial charge is 0.188 e. The number of hydrogen-bond donors (Lipinski definition) is 1. The summed E-state index contributed by atoms with van der Waals surface area (Å²) in [6, 6.07) is 6.84. The highest BCUT2D eigenvalue weighted by atomic mass is 31.1. The molecule has 1 rings (SSSR count). The summed E-state index contributed by atoms with van der Waals surface area (Å²) in [6.45, 7) is 1.73. The normalized spacial score (nSPS) is 12.8. The summed E-state index contributed by atoms with van der Waals surface area (Å²) in [5.41, 5.74) is 0.665. The Hall–Kier alpha value is -0.790. The van der Waals surface area contributed by atoms with E-state index in [1.165, 1.54) is 6.66 Å². The van der Waals surface area contributed by atoms with Crippen molar-refractivity contribution in [2.75, 3.05) is 6.66 Å². The van der Waals surface area contributed by atoms with Gasteiger partial charge >= 0.3 is 0 Å². The van der Waals surface area contributed by atoms with Crippen LogP contribution in [0.3, 0.4) is 0 Å². The summed E-state index contributed by atoms with van der Waals surface area (Å²) in [4.78, 5) is 0. The van der Waals surface area contributed by atoms with Crippen LogP contribution >= 0.6 is 8.03 Å². The van der Waals surface area contributed by atoms with Gasteiger partial charge in [0.25, 0.3) is 0 Å². The topological polar surface area (TPSA) is 46.5 Å². The zero-order valence-corrected chi connectivity index (χ0v) is 7.78. The zero-order chi connectivity index (χ0) is 8.97. The minimum absolute atomic E-state index is 0.181. The maximum atomic E-state index is 10.6. The van der Waals surface area contributed by atoms with Crippen molar-refractivity contribution < 1.29 is 14.2 Å². The molecule has 0 saturated heterocycles. The lowest BCUT2D eigenvalue weighted by Gasteiger charge is -2.02. The average Bonchev–Trinajstić information content (AvgIpc) is 2.03. The summed E-state index contributed by atoms with van der Waals surface area (Å²) in [5, 5.41) is 9.25. The number of rotatable bonds is 3. The van der Waals surface area contributed by atoms with Gasteiger partial charge in [0, 0.05) is 12.2 Å². The molecule has 1 aromatic rings. The number of benzene rings is 1. The minimum atomic E-state index is -1.91. The van der Waals surface area contributed by atoms with Gasteiger partial charge in [-0.15, -0.1) is 0 Å². The molecule has 0 heterocycles. The molecule has 0 radical (unpaired) electrons. The lowest BCUT2D eigenvalue weighted by atomic mass is 10.2. The maximum Gasteiger partial charge on any atom is 0.188 e. The van der Waals surface area contributed by atoms with E-state index in [1.54, 1.807) is 24.3 Å². The van der Waals surface area contributed by atoms with E-state index >= 15 is 0 Å². The predicted molar refractivity (Wildman–Crippen MR) is 47.8 cm³/mol. The highest BCUT2D eigenvalue weighted by Crippen LogP contribution is 2.22. The highest BCUT2D eigenvalue weighted by molar-refractivity contribution is 7.38. The Kier molecular flexibility index (Phi) is 3.32. The van der Waals surface area contributed by atoms with E-state index in [-0.39, 0.29) is 12.4 Å². The Balaban J connectivity index is 2.63. The lowest BCUT2D eigenvalue weighted by Crippen LogP contribution is -1.85. The van der Waals surface area contributed by atoms with Crippen LogP contribution in [0.1, 0.15) is 5.56 Å². The Labute approximate surface area is 71.9 Å². The molecule has 1 aromatic carbocycles. The van der Waals surface area contributed by atoms with Gasteiger partial charge in [0.05, 0.1) is 6.61 Å². The van der Waals surface area contributed by atoms with Crippen LogP contribution in [0.2, 0.25) is 0 Å². The van der Waals surface area contributed by atoms with Crippen molar-refractivity contribution >= 4 is 8.03 Å². The number of aromatic hydroxyl groups is 1. The molecule has 0 aliphatic heterocycles. The second-order valence-electron chi connectivity index (χ2n) is 2.41. The molecule has 4 heteroatoms. The van der Waals surface area contributed by atoms with Crippen molar-refractivity contribution in [2.45, 2.75) is 6.61 Å². The Morgan fingerprint density at radius 3 is 2.75 bits per heavy atom. The maximum absolute atomic E-state index is 10.6. The molecule has 12 heavy (non-hydrogen) atoms. The first-order valence-electron chi connectivity index (χ1n) is 3.60. The molecule has 0 amide bonds. The largest absolute Gasteiger partial charge is 0.508 e. The molecule has 0 fully saturated rings. The molecule has 0 saturated carbocycles. The van der Waals surface area contributed by atoms with Crippen molar-refractivity contribution in [2.24, 2.45) is 0 Å². The van der Waals surface area contributed by atoms with E-state index < -0.39 is 8.03 Å². The standard InChI is InChI=1S/C8H11O3P/c1-12(10)11-6-7-4-2-3-5-8(7)9/h2-5,9,12H,6H2,1H3. The van der Waals surface area contributed by atoms with Crippen molar-refractivity contribution in [3.63, 3.8) is 0 Å². The van der Waals surface area contributed by atoms with Crippen LogP contribution in [0.25, 0.3) is 0 Å². The van der Waals surface area contributed by atoms with Crippen molar-refractivity contribution in [1.29, 1.82) is 0 Å². The van der Waals surface area contributed by atoms with Crippen LogP contribution < -0.4 is 0 Å². The van der Waals surface area contributed by atoms with E-state index in [0.29, 0.717) is 5.56 Å². The Bertz CT molecular complexity index is 285. The minimum Gasteiger partial charge on any atom is -0.508 e. The molecular formula is C8H11O3P. The quantitative estimate of drug-likeness (QED) is 0.734. The van der Waals surface area contributed by atoms with Crippen molar-refractivity contribution in [3.05, 3.63) is 29.8 Å². The number of hydrogen-bond acceptors (Lipinski definition) is 3. The third-order valence-corrected chi connectivity index (χ3v) is 1.97. The second-order valence-corrected chi connectivity index (χ2v) is 3.68. The summed E-state index contributed by atoms with van der Waals surface area (Å²) in [7, 11) is -1.91. The van der Waals surface area contributed by atoms with Gasteiger partial charge in [-0.2, -0.15) is 0 Å². The molecule has 66 valence electrons.